The Morgan fingerprint density at radius 3 is 2.55 bits per heavy atom. The molecule has 0 radical (unpaired) electrons. The van der Waals surface area contributed by atoms with Gasteiger partial charge in [-0.15, -0.1) is 0 Å². The fraction of sp³-hybridized carbons (Fsp3) is 0.364. The van der Waals surface area contributed by atoms with E-state index >= 15 is 0 Å². The van der Waals surface area contributed by atoms with E-state index in [1.54, 1.807) is 0 Å². The van der Waals surface area contributed by atoms with Gasteiger partial charge in [-0.3, -0.25) is 9.59 Å². The molecule has 29 heavy (non-hydrogen) atoms. The second-order valence-corrected chi connectivity index (χ2v) is 7.28. The summed E-state index contributed by atoms with van der Waals surface area (Å²) in [6, 6.07) is 13.5. The average molecular weight is 400 g/mol. The van der Waals surface area contributed by atoms with Gasteiger partial charge in [-0.05, 0) is 48.9 Å². The van der Waals surface area contributed by atoms with Crippen molar-refractivity contribution < 1.29 is 23.6 Å². The maximum absolute atomic E-state index is 12.9. The molecule has 7 heteroatoms. The fourth-order valence-electron chi connectivity index (χ4n) is 3.33. The topological polar surface area (TPSA) is 63.1 Å². The number of aryl methyl sites for hydroxylation is 1. The predicted octanol–water partition coefficient (Wildman–Crippen LogP) is 1.27. The van der Waals surface area contributed by atoms with Crippen molar-refractivity contribution in [2.75, 3.05) is 44.6 Å². The van der Waals surface area contributed by atoms with Crippen molar-refractivity contribution in [1.82, 2.24) is 4.90 Å². The van der Waals surface area contributed by atoms with Crippen molar-refractivity contribution in [2.24, 2.45) is 0 Å². The van der Waals surface area contributed by atoms with Crippen LogP contribution in [0.15, 0.2) is 48.5 Å². The molecule has 0 atom stereocenters. The van der Waals surface area contributed by atoms with Crippen LogP contribution < -0.4 is 15.0 Å². The quantitative estimate of drug-likeness (QED) is 0.736. The molecule has 1 saturated heterocycles. The Kier molecular flexibility index (Phi) is 7.19. The summed E-state index contributed by atoms with van der Waals surface area (Å²) in [6.07, 6.45) is 0.342. The van der Waals surface area contributed by atoms with Gasteiger partial charge in [-0.25, -0.2) is 4.39 Å². The summed E-state index contributed by atoms with van der Waals surface area (Å²) >= 11 is 0. The highest BCUT2D eigenvalue weighted by atomic mass is 19.1. The van der Waals surface area contributed by atoms with Gasteiger partial charge >= 0.3 is 0 Å². The Balaban J connectivity index is 1.35. The molecule has 0 bridgehead atoms. The van der Waals surface area contributed by atoms with Crippen molar-refractivity contribution in [1.29, 1.82) is 0 Å². The maximum atomic E-state index is 12.9. The molecular weight excluding hydrogens is 373 g/mol. The zero-order valence-electron chi connectivity index (χ0n) is 16.6. The number of carbonyl (C=O) groups is 2. The number of hydrogen-bond acceptors (Lipinski definition) is 3. The Hall–Kier alpha value is -2.93. The molecule has 0 aromatic heterocycles. The molecule has 2 aromatic carbocycles. The summed E-state index contributed by atoms with van der Waals surface area (Å²) in [6.45, 7) is 5.39. The number of benzene rings is 2. The number of quaternary nitrogens is 1. The lowest BCUT2D eigenvalue weighted by molar-refractivity contribution is -0.895. The normalized spacial score (nSPS) is 14.5. The molecule has 1 heterocycles. The maximum Gasteiger partial charge on any atom is 0.279 e. The third-order valence-corrected chi connectivity index (χ3v) is 4.94. The van der Waals surface area contributed by atoms with Gasteiger partial charge in [0.25, 0.3) is 5.91 Å². The third-order valence-electron chi connectivity index (χ3n) is 4.94. The summed E-state index contributed by atoms with van der Waals surface area (Å²) in [4.78, 5) is 27.5. The second kappa shape index (κ2) is 10.0. The molecule has 6 nitrogen and oxygen atoms in total. The highest BCUT2D eigenvalue weighted by molar-refractivity contribution is 5.91. The Labute approximate surface area is 170 Å². The summed E-state index contributed by atoms with van der Waals surface area (Å²) < 4.78 is 18.6. The molecule has 1 aliphatic rings. The van der Waals surface area contributed by atoms with Crippen LogP contribution in [0, 0.1) is 12.7 Å². The predicted molar refractivity (Wildman–Crippen MR) is 108 cm³/mol. The van der Waals surface area contributed by atoms with E-state index in [-0.39, 0.29) is 17.6 Å². The van der Waals surface area contributed by atoms with Crippen LogP contribution in [0.2, 0.25) is 0 Å². The Bertz CT molecular complexity index is 833. The largest absolute Gasteiger partial charge is 0.493 e. The first-order valence-corrected chi connectivity index (χ1v) is 9.86. The van der Waals surface area contributed by atoms with E-state index < -0.39 is 0 Å². The number of amides is 2. The lowest BCUT2D eigenvalue weighted by Crippen LogP contribution is -3.15. The number of halogens is 1. The molecule has 2 N–H and O–H groups in total. The number of hydrogen-bond donors (Lipinski definition) is 2. The van der Waals surface area contributed by atoms with Crippen LogP contribution in [0.25, 0.3) is 0 Å². The molecule has 0 spiro atoms. The highest BCUT2D eigenvalue weighted by Crippen LogP contribution is 2.12. The first kappa shape index (κ1) is 20.8. The fourth-order valence-corrected chi connectivity index (χ4v) is 3.33. The molecule has 0 unspecified atom stereocenters. The standard InChI is InChI=1S/C22H26FN3O3/c1-17-3-2-4-20(15-17)29-14-9-22(28)26-12-10-25(11-13-26)16-21(27)24-19-7-5-18(23)6-8-19/h2-8,15H,9-14,16H2,1H3,(H,24,27)/p+1. The number of nitrogens with zero attached hydrogens (tertiary/aromatic N) is 1. The summed E-state index contributed by atoms with van der Waals surface area (Å²) in [5, 5.41) is 2.77. The second-order valence-electron chi connectivity index (χ2n) is 7.28. The van der Waals surface area contributed by atoms with Crippen molar-refractivity contribution >= 4 is 17.5 Å². The monoisotopic (exact) mass is 400 g/mol. The molecule has 2 aromatic rings. The first-order chi connectivity index (χ1) is 14.0. The van der Waals surface area contributed by atoms with E-state index in [0.717, 1.165) is 29.3 Å². The van der Waals surface area contributed by atoms with Gasteiger partial charge < -0.3 is 19.9 Å². The van der Waals surface area contributed by atoms with Crippen LogP contribution in [-0.2, 0) is 9.59 Å². The minimum absolute atomic E-state index is 0.0764. The van der Waals surface area contributed by atoms with E-state index in [2.05, 4.69) is 5.32 Å². The Morgan fingerprint density at radius 2 is 1.86 bits per heavy atom. The van der Waals surface area contributed by atoms with Gasteiger partial charge in [0.15, 0.2) is 6.54 Å². The molecular formula is C22H27FN3O3+. The number of nitrogens with one attached hydrogen (secondary N) is 2. The smallest absolute Gasteiger partial charge is 0.279 e. The SMILES string of the molecule is Cc1cccc(OCCC(=O)N2CC[NH+](CC(=O)Nc3ccc(F)cc3)CC2)c1. The van der Waals surface area contributed by atoms with Gasteiger partial charge in [0, 0.05) is 5.69 Å². The minimum atomic E-state index is -0.335. The molecule has 154 valence electrons. The first-order valence-electron chi connectivity index (χ1n) is 9.86. The van der Waals surface area contributed by atoms with Crippen LogP contribution in [0.5, 0.6) is 5.75 Å². The molecule has 1 fully saturated rings. The molecule has 0 saturated carbocycles. The molecule has 2 amide bonds. The van der Waals surface area contributed by atoms with Crippen LogP contribution in [0.3, 0.4) is 0 Å². The average Bonchev–Trinajstić information content (AvgIpc) is 2.70. The van der Waals surface area contributed by atoms with Gasteiger partial charge in [0.05, 0.1) is 39.2 Å². The van der Waals surface area contributed by atoms with Gasteiger partial charge in [0.1, 0.15) is 11.6 Å². The highest BCUT2D eigenvalue weighted by Gasteiger charge is 2.25. The number of ether oxygens (including phenoxy) is 1. The van der Waals surface area contributed by atoms with Crippen molar-refractivity contribution in [3.8, 4) is 5.75 Å². The van der Waals surface area contributed by atoms with E-state index in [1.807, 2.05) is 36.1 Å². The Morgan fingerprint density at radius 1 is 1.14 bits per heavy atom. The number of carbonyl (C=O) groups excluding carboxylic acids is 2. The summed E-state index contributed by atoms with van der Waals surface area (Å²) in [5.74, 6) is 0.406. The van der Waals surface area contributed by atoms with E-state index in [0.29, 0.717) is 38.3 Å². The minimum Gasteiger partial charge on any atom is -0.493 e. The zero-order chi connectivity index (χ0) is 20.6. The van der Waals surface area contributed by atoms with Gasteiger partial charge in [-0.2, -0.15) is 0 Å². The number of piperazine rings is 1. The van der Waals surface area contributed by atoms with E-state index in [9.17, 15) is 14.0 Å². The van der Waals surface area contributed by atoms with Gasteiger partial charge in [0.2, 0.25) is 5.91 Å². The van der Waals surface area contributed by atoms with Crippen LogP contribution in [0.4, 0.5) is 10.1 Å². The van der Waals surface area contributed by atoms with Crippen LogP contribution in [0.1, 0.15) is 12.0 Å². The number of rotatable bonds is 7. The van der Waals surface area contributed by atoms with E-state index in [1.165, 1.54) is 24.3 Å². The van der Waals surface area contributed by atoms with Crippen LogP contribution in [-0.4, -0.2) is 56.0 Å². The lowest BCUT2D eigenvalue weighted by Gasteiger charge is -2.32. The van der Waals surface area contributed by atoms with Crippen molar-refractivity contribution in [3.05, 3.63) is 59.9 Å². The third kappa shape index (κ3) is 6.57. The number of anilines is 1. The van der Waals surface area contributed by atoms with E-state index in [4.69, 9.17) is 4.74 Å². The van der Waals surface area contributed by atoms with Gasteiger partial charge in [-0.1, -0.05) is 12.1 Å². The zero-order valence-corrected chi connectivity index (χ0v) is 16.6. The molecule has 1 aliphatic heterocycles. The summed E-state index contributed by atoms with van der Waals surface area (Å²) in [5.41, 5.74) is 1.70. The summed E-state index contributed by atoms with van der Waals surface area (Å²) in [7, 11) is 0. The molecule has 3 rings (SSSR count). The molecule has 0 aliphatic carbocycles. The van der Waals surface area contributed by atoms with Crippen molar-refractivity contribution in [3.63, 3.8) is 0 Å². The van der Waals surface area contributed by atoms with Crippen molar-refractivity contribution in [2.45, 2.75) is 13.3 Å². The lowest BCUT2D eigenvalue weighted by atomic mass is 10.2. The van der Waals surface area contributed by atoms with Crippen LogP contribution >= 0.6 is 0 Å².